The summed E-state index contributed by atoms with van der Waals surface area (Å²) >= 11 is 0. The average Bonchev–Trinajstić information content (AvgIpc) is 2.79. The highest BCUT2D eigenvalue weighted by atomic mass is 19.1. The predicted molar refractivity (Wildman–Crippen MR) is 93.2 cm³/mol. The summed E-state index contributed by atoms with van der Waals surface area (Å²) in [7, 11) is 0. The molecule has 1 amide bonds. The molecule has 2 heterocycles. The molecule has 2 aromatic rings. The molecular weight excluding hydrogens is 338 g/mol. The Bertz CT molecular complexity index is 764. The van der Waals surface area contributed by atoms with Crippen molar-refractivity contribution in [2.75, 3.05) is 13.1 Å². The monoisotopic (exact) mass is 360 g/mol. The first-order valence-corrected chi connectivity index (χ1v) is 8.77. The van der Waals surface area contributed by atoms with E-state index in [2.05, 4.69) is 14.9 Å². The fourth-order valence-electron chi connectivity index (χ4n) is 3.49. The Morgan fingerprint density at radius 3 is 2.62 bits per heavy atom. The molecule has 26 heavy (non-hydrogen) atoms. The van der Waals surface area contributed by atoms with E-state index >= 15 is 0 Å². The van der Waals surface area contributed by atoms with Crippen LogP contribution in [0.4, 0.5) is 8.78 Å². The molecule has 0 saturated carbocycles. The highest BCUT2D eigenvalue weighted by Gasteiger charge is 2.19. The van der Waals surface area contributed by atoms with Crippen LogP contribution in [0.25, 0.3) is 0 Å². The zero-order valence-electron chi connectivity index (χ0n) is 14.5. The Morgan fingerprint density at radius 2 is 1.88 bits per heavy atom. The van der Waals surface area contributed by atoms with Crippen LogP contribution in [0.1, 0.15) is 41.0 Å². The van der Waals surface area contributed by atoms with E-state index in [1.165, 1.54) is 18.5 Å². The van der Waals surface area contributed by atoms with E-state index < -0.39 is 17.5 Å². The molecule has 5 nitrogen and oxygen atoms in total. The fraction of sp³-hybridized carbons (Fsp3) is 0.421. The summed E-state index contributed by atoms with van der Waals surface area (Å²) in [5, 5.41) is 0. The lowest BCUT2D eigenvalue weighted by Gasteiger charge is -2.20. The number of carbonyl (C=O) groups is 1. The van der Waals surface area contributed by atoms with Crippen molar-refractivity contribution in [2.24, 2.45) is 11.7 Å². The van der Waals surface area contributed by atoms with Crippen molar-refractivity contribution in [1.82, 2.24) is 14.9 Å². The molecule has 2 N–H and O–H groups in total. The second-order valence-electron chi connectivity index (χ2n) is 6.81. The maximum absolute atomic E-state index is 13.4. The molecule has 1 aliphatic rings. The van der Waals surface area contributed by atoms with Gasteiger partial charge in [0.1, 0.15) is 23.7 Å². The number of benzene rings is 1. The van der Waals surface area contributed by atoms with E-state index in [-0.39, 0.29) is 5.69 Å². The Balaban J connectivity index is 1.58. The highest BCUT2D eigenvalue weighted by Crippen LogP contribution is 2.22. The topological polar surface area (TPSA) is 72.1 Å². The molecule has 0 radical (unpaired) electrons. The second-order valence-corrected chi connectivity index (χ2v) is 6.81. The minimum absolute atomic E-state index is 0.235. The quantitative estimate of drug-likeness (QED) is 0.890. The molecule has 0 bridgehead atoms. The summed E-state index contributed by atoms with van der Waals surface area (Å²) in [5.41, 5.74) is 6.97. The van der Waals surface area contributed by atoms with Crippen LogP contribution < -0.4 is 5.73 Å². The predicted octanol–water partition coefficient (Wildman–Crippen LogP) is 2.70. The molecule has 1 saturated heterocycles. The molecular formula is C19H22F2N4O. The van der Waals surface area contributed by atoms with Gasteiger partial charge in [0.25, 0.3) is 5.91 Å². The number of hydrogen-bond acceptors (Lipinski definition) is 4. The van der Waals surface area contributed by atoms with Crippen LogP contribution in [0.3, 0.4) is 0 Å². The van der Waals surface area contributed by atoms with E-state index in [4.69, 9.17) is 5.73 Å². The third-order valence-electron chi connectivity index (χ3n) is 4.74. The number of carbonyl (C=O) groups excluding carboxylic acids is 1. The van der Waals surface area contributed by atoms with Crippen LogP contribution in [0.15, 0.2) is 30.6 Å². The maximum Gasteiger partial charge on any atom is 0.267 e. The van der Waals surface area contributed by atoms with Crippen LogP contribution in [-0.4, -0.2) is 33.9 Å². The van der Waals surface area contributed by atoms with Gasteiger partial charge >= 0.3 is 0 Å². The number of hydrogen-bond donors (Lipinski definition) is 1. The van der Waals surface area contributed by atoms with Crippen molar-refractivity contribution < 1.29 is 13.6 Å². The lowest BCUT2D eigenvalue weighted by Crippen LogP contribution is -2.24. The van der Waals surface area contributed by atoms with Crippen LogP contribution in [0, 0.1) is 17.6 Å². The van der Waals surface area contributed by atoms with Crippen LogP contribution in [0.2, 0.25) is 0 Å². The molecule has 0 aliphatic carbocycles. The van der Waals surface area contributed by atoms with E-state index in [9.17, 15) is 13.6 Å². The average molecular weight is 360 g/mol. The third-order valence-corrected chi connectivity index (χ3v) is 4.74. The van der Waals surface area contributed by atoms with Crippen LogP contribution in [-0.2, 0) is 13.0 Å². The molecule has 1 unspecified atom stereocenters. The van der Waals surface area contributed by atoms with Gasteiger partial charge < -0.3 is 5.73 Å². The minimum Gasteiger partial charge on any atom is -0.364 e. The summed E-state index contributed by atoms with van der Waals surface area (Å²) in [4.78, 5) is 21.6. The van der Waals surface area contributed by atoms with Crippen molar-refractivity contribution in [2.45, 2.75) is 32.2 Å². The van der Waals surface area contributed by atoms with Gasteiger partial charge in [0.15, 0.2) is 0 Å². The molecule has 138 valence electrons. The summed E-state index contributed by atoms with van der Waals surface area (Å²) in [6, 6.07) is 5.32. The van der Waals surface area contributed by atoms with Gasteiger partial charge in [-0.05, 0) is 68.5 Å². The third kappa shape index (κ3) is 5.05. The number of aromatic nitrogens is 2. The zero-order valence-corrected chi connectivity index (χ0v) is 14.5. The van der Waals surface area contributed by atoms with Gasteiger partial charge in [0.2, 0.25) is 0 Å². The molecule has 0 spiro atoms. The zero-order chi connectivity index (χ0) is 18.5. The Kier molecular flexibility index (Phi) is 5.88. The van der Waals surface area contributed by atoms with Gasteiger partial charge in [0, 0.05) is 18.3 Å². The van der Waals surface area contributed by atoms with Crippen molar-refractivity contribution in [1.29, 1.82) is 0 Å². The van der Waals surface area contributed by atoms with Gasteiger partial charge in [-0.15, -0.1) is 0 Å². The minimum atomic E-state index is -0.553. The maximum atomic E-state index is 13.4. The van der Waals surface area contributed by atoms with E-state index in [0.29, 0.717) is 18.0 Å². The van der Waals surface area contributed by atoms with Crippen molar-refractivity contribution in [3.05, 3.63) is 59.2 Å². The lowest BCUT2D eigenvalue weighted by atomic mass is 9.95. The van der Waals surface area contributed by atoms with Crippen molar-refractivity contribution in [3.63, 3.8) is 0 Å². The molecule has 3 rings (SSSR count). The fourth-order valence-corrected chi connectivity index (χ4v) is 3.49. The van der Waals surface area contributed by atoms with Gasteiger partial charge in [-0.1, -0.05) is 0 Å². The number of nitrogens with two attached hydrogens (primary N) is 1. The number of nitrogens with zero attached hydrogens (tertiary/aromatic N) is 3. The summed E-state index contributed by atoms with van der Waals surface area (Å²) in [5.74, 6) is -1.19. The molecule has 1 fully saturated rings. The van der Waals surface area contributed by atoms with E-state index in [1.807, 2.05) is 0 Å². The number of amides is 1. The summed E-state index contributed by atoms with van der Waals surface area (Å²) < 4.78 is 26.7. The summed E-state index contributed by atoms with van der Waals surface area (Å²) in [6.45, 7) is 2.29. The number of likely N-dealkylation sites (tertiary alicyclic amines) is 1. The normalized spacial score (nSPS) is 18.5. The Labute approximate surface area is 151 Å². The molecule has 1 aromatic carbocycles. The standard InChI is InChI=1S/C19H22F2N4O/c20-15-6-14(7-16(21)9-15)11-25-4-1-2-13(3-5-25)8-17-10-18(19(22)26)24-12-23-17/h6-7,9-10,12-13H,1-5,8,11H2,(H2,22,26). The number of rotatable bonds is 5. The van der Waals surface area contributed by atoms with Crippen molar-refractivity contribution >= 4 is 5.91 Å². The highest BCUT2D eigenvalue weighted by molar-refractivity contribution is 5.90. The number of halogens is 2. The largest absolute Gasteiger partial charge is 0.364 e. The van der Waals surface area contributed by atoms with Crippen LogP contribution >= 0.6 is 0 Å². The van der Waals surface area contributed by atoms with Gasteiger partial charge in [-0.3, -0.25) is 9.69 Å². The first-order valence-electron chi connectivity index (χ1n) is 8.77. The molecule has 1 atom stereocenters. The molecule has 1 aliphatic heterocycles. The van der Waals surface area contributed by atoms with Crippen molar-refractivity contribution in [3.8, 4) is 0 Å². The van der Waals surface area contributed by atoms with Gasteiger partial charge in [-0.2, -0.15) is 0 Å². The SMILES string of the molecule is NC(=O)c1cc(CC2CCCN(Cc3cc(F)cc(F)c3)CC2)ncn1. The summed E-state index contributed by atoms with van der Waals surface area (Å²) in [6.07, 6.45) is 5.16. The second kappa shape index (κ2) is 8.31. The van der Waals surface area contributed by atoms with Gasteiger partial charge in [0.05, 0.1) is 0 Å². The molecule has 7 heteroatoms. The lowest BCUT2D eigenvalue weighted by molar-refractivity contribution is 0.0995. The number of primary amides is 1. The Morgan fingerprint density at radius 1 is 1.12 bits per heavy atom. The molecule has 1 aromatic heterocycles. The van der Waals surface area contributed by atoms with Crippen LogP contribution in [0.5, 0.6) is 0 Å². The van der Waals surface area contributed by atoms with E-state index in [0.717, 1.165) is 50.5 Å². The smallest absolute Gasteiger partial charge is 0.267 e. The first kappa shape index (κ1) is 18.4. The van der Waals surface area contributed by atoms with E-state index in [1.54, 1.807) is 6.07 Å². The Hall–Kier alpha value is -2.41. The first-order chi connectivity index (χ1) is 12.5. The van der Waals surface area contributed by atoms with Gasteiger partial charge in [-0.25, -0.2) is 18.7 Å².